The molecule has 0 spiro atoms. The smallest absolute Gasteiger partial charge is 0.388 e. The molecule has 0 aromatic rings. The van der Waals surface area contributed by atoms with Crippen LogP contribution < -0.4 is 5.32 Å². The molecule has 0 aromatic carbocycles. The SMILES string of the molecule is CCC[C@@H]1C[C@@H](C(=O)N[C@H](C(C)Cl)[C@H]2OC(SC)[C@H](OP(=O)(O)O)[C@@H](O)[C@H]2O)N(C)C1. The highest BCUT2D eigenvalue weighted by atomic mass is 35.5. The highest BCUT2D eigenvalue weighted by Gasteiger charge is 2.51. The largest absolute Gasteiger partial charge is 0.470 e. The third-order valence-electron chi connectivity index (χ3n) is 5.87. The molecule has 31 heavy (non-hydrogen) atoms. The van der Waals surface area contributed by atoms with Crippen LogP contribution in [0.5, 0.6) is 0 Å². The maximum Gasteiger partial charge on any atom is 0.470 e. The third-order valence-corrected chi connectivity index (χ3v) is 7.50. The molecular formula is C18H34ClN2O8PS. The fraction of sp³-hybridized carbons (Fsp3) is 0.944. The maximum absolute atomic E-state index is 13.0. The first-order valence-corrected chi connectivity index (χ1v) is 13.6. The third kappa shape index (κ3) is 7.02. The van der Waals surface area contributed by atoms with Crippen LogP contribution in [0.15, 0.2) is 0 Å². The predicted octanol–water partition coefficient (Wildman–Crippen LogP) is 0.507. The summed E-state index contributed by atoms with van der Waals surface area (Å²) in [6.45, 7) is 4.57. The summed E-state index contributed by atoms with van der Waals surface area (Å²) in [5.74, 6) is 0.195. The Bertz CT molecular complexity index is 654. The topological polar surface area (TPSA) is 149 Å². The van der Waals surface area contributed by atoms with Crippen molar-refractivity contribution in [1.82, 2.24) is 10.2 Å². The number of likely N-dealkylation sites (N-methyl/N-ethyl adjacent to an activating group) is 1. The number of nitrogens with zero attached hydrogens (tertiary/aromatic N) is 1. The molecule has 2 saturated heterocycles. The minimum absolute atomic E-state index is 0.238. The van der Waals surface area contributed by atoms with Gasteiger partial charge in [-0.05, 0) is 39.0 Å². The van der Waals surface area contributed by atoms with E-state index in [2.05, 4.69) is 16.8 Å². The summed E-state index contributed by atoms with van der Waals surface area (Å²) < 4.78 is 21.7. The lowest BCUT2D eigenvalue weighted by molar-refractivity contribution is -0.201. The molecule has 5 N–H and O–H groups in total. The van der Waals surface area contributed by atoms with E-state index in [1.807, 2.05) is 11.9 Å². The van der Waals surface area contributed by atoms with Crippen molar-refractivity contribution in [3.63, 3.8) is 0 Å². The van der Waals surface area contributed by atoms with E-state index in [1.165, 1.54) is 0 Å². The van der Waals surface area contributed by atoms with E-state index >= 15 is 0 Å². The van der Waals surface area contributed by atoms with Gasteiger partial charge in [0.2, 0.25) is 5.91 Å². The number of likely N-dealkylation sites (tertiary alicyclic amines) is 1. The second-order valence-corrected chi connectivity index (χ2v) is 11.1. The quantitative estimate of drug-likeness (QED) is 0.222. The zero-order valence-corrected chi connectivity index (χ0v) is 20.6. The first-order chi connectivity index (χ1) is 14.4. The Morgan fingerprint density at radius 2 is 2.03 bits per heavy atom. The molecule has 0 radical (unpaired) electrons. The molecule has 0 saturated carbocycles. The molecule has 182 valence electrons. The number of carbonyl (C=O) groups is 1. The molecule has 2 unspecified atom stereocenters. The summed E-state index contributed by atoms with van der Waals surface area (Å²) in [4.78, 5) is 33.3. The van der Waals surface area contributed by atoms with Gasteiger partial charge in [-0.3, -0.25) is 14.2 Å². The van der Waals surface area contributed by atoms with E-state index in [0.717, 1.165) is 37.6 Å². The zero-order chi connectivity index (χ0) is 23.5. The highest BCUT2D eigenvalue weighted by Crippen LogP contribution is 2.43. The van der Waals surface area contributed by atoms with Crippen LogP contribution in [0.3, 0.4) is 0 Å². The number of amides is 1. The van der Waals surface area contributed by atoms with Crippen molar-refractivity contribution in [2.45, 2.75) is 80.4 Å². The first kappa shape index (κ1) is 27.3. The van der Waals surface area contributed by atoms with Crippen molar-refractivity contribution < 1.29 is 38.6 Å². The monoisotopic (exact) mass is 504 g/mol. The van der Waals surface area contributed by atoms with Gasteiger partial charge >= 0.3 is 7.82 Å². The van der Waals surface area contributed by atoms with Crippen LogP contribution in [0.4, 0.5) is 0 Å². The maximum atomic E-state index is 13.0. The van der Waals surface area contributed by atoms with E-state index in [0.29, 0.717) is 5.92 Å². The van der Waals surface area contributed by atoms with Crippen LogP contribution >= 0.6 is 31.2 Å². The Labute approximate surface area is 192 Å². The van der Waals surface area contributed by atoms with E-state index in [-0.39, 0.29) is 11.9 Å². The number of hydrogen-bond acceptors (Lipinski definition) is 8. The van der Waals surface area contributed by atoms with Gasteiger partial charge in [0.1, 0.15) is 29.9 Å². The lowest BCUT2D eigenvalue weighted by atomic mass is 9.92. The van der Waals surface area contributed by atoms with Gasteiger partial charge in [-0.25, -0.2) is 4.57 Å². The van der Waals surface area contributed by atoms with Gasteiger partial charge in [0.25, 0.3) is 0 Å². The summed E-state index contributed by atoms with van der Waals surface area (Å²) in [5.41, 5.74) is -0.992. The fourth-order valence-corrected chi connectivity index (χ4v) is 5.93. The normalized spacial score (nSPS) is 36.9. The number of carbonyl (C=O) groups excluding carboxylic acids is 1. The van der Waals surface area contributed by atoms with Crippen LogP contribution in [0, 0.1) is 5.92 Å². The van der Waals surface area contributed by atoms with Crippen LogP contribution in [0.1, 0.15) is 33.1 Å². The van der Waals surface area contributed by atoms with Crippen LogP contribution in [-0.4, -0.2) is 98.0 Å². The standard InChI is InChI=1S/C18H34ClN2O8PS/c1-5-6-10-7-11(21(3)8-10)17(24)20-12(9(2)19)15-13(22)14(23)16(18(28-15)31-4)29-30(25,26)27/h9-16,18,22-23H,5-8H2,1-4H3,(H,20,24)(H2,25,26,27)/t9?,10-,11+,12-,13-,14+,15-,16-,18?/m1/s1. The number of hydrogen-bond donors (Lipinski definition) is 5. The van der Waals surface area contributed by atoms with Crippen LogP contribution in [0.25, 0.3) is 0 Å². The average Bonchev–Trinajstić information content (AvgIpc) is 3.03. The summed E-state index contributed by atoms with van der Waals surface area (Å²) in [6.07, 6.45) is -1.37. The zero-order valence-electron chi connectivity index (χ0n) is 18.1. The van der Waals surface area contributed by atoms with E-state index < -0.39 is 49.1 Å². The summed E-state index contributed by atoms with van der Waals surface area (Å²) in [5, 5.41) is 23.4. The number of thioether (sulfide) groups is 1. The van der Waals surface area contributed by atoms with Crippen molar-refractivity contribution in [3.05, 3.63) is 0 Å². The molecule has 0 aliphatic carbocycles. The number of alkyl halides is 1. The fourth-order valence-electron chi connectivity index (χ4n) is 4.37. The van der Waals surface area contributed by atoms with Crippen molar-refractivity contribution in [3.8, 4) is 0 Å². The number of nitrogens with one attached hydrogen (secondary N) is 1. The molecule has 13 heteroatoms. The predicted molar refractivity (Wildman–Crippen MR) is 118 cm³/mol. The Morgan fingerprint density at radius 3 is 2.55 bits per heavy atom. The van der Waals surface area contributed by atoms with Gasteiger partial charge in [0.15, 0.2) is 0 Å². The summed E-state index contributed by atoms with van der Waals surface area (Å²) >= 11 is 7.38. The molecule has 2 heterocycles. The molecule has 9 atom stereocenters. The lowest BCUT2D eigenvalue weighted by Gasteiger charge is -2.45. The minimum atomic E-state index is -4.93. The Hall–Kier alpha value is 0.0600. The van der Waals surface area contributed by atoms with Crippen molar-refractivity contribution in [2.24, 2.45) is 5.92 Å². The minimum Gasteiger partial charge on any atom is -0.388 e. The molecule has 2 rings (SSSR count). The Balaban J connectivity index is 2.15. The van der Waals surface area contributed by atoms with Crippen LogP contribution in [0.2, 0.25) is 0 Å². The summed E-state index contributed by atoms with van der Waals surface area (Å²) in [6, 6.07) is -1.18. The molecule has 0 bridgehead atoms. The van der Waals surface area contributed by atoms with Gasteiger partial charge in [0, 0.05) is 6.54 Å². The lowest BCUT2D eigenvalue weighted by Crippen LogP contribution is -2.65. The van der Waals surface area contributed by atoms with Crippen molar-refractivity contribution in [2.75, 3.05) is 19.8 Å². The number of halogens is 1. The van der Waals surface area contributed by atoms with Crippen LogP contribution in [-0.2, 0) is 18.6 Å². The number of ether oxygens (including phenoxy) is 1. The molecule has 1 amide bonds. The molecule has 2 fully saturated rings. The molecule has 2 aliphatic heterocycles. The Morgan fingerprint density at radius 1 is 1.39 bits per heavy atom. The number of aliphatic hydroxyl groups is 2. The van der Waals surface area contributed by atoms with Crippen molar-refractivity contribution in [1.29, 1.82) is 0 Å². The summed E-state index contributed by atoms with van der Waals surface area (Å²) in [7, 11) is -3.04. The van der Waals surface area contributed by atoms with Gasteiger partial charge in [-0.1, -0.05) is 13.3 Å². The number of aliphatic hydroxyl groups excluding tert-OH is 2. The van der Waals surface area contributed by atoms with Gasteiger partial charge in [-0.2, -0.15) is 0 Å². The average molecular weight is 505 g/mol. The Kier molecular flexibility index (Phi) is 10.1. The van der Waals surface area contributed by atoms with Crippen molar-refractivity contribution >= 4 is 37.1 Å². The second kappa shape index (κ2) is 11.5. The molecule has 0 aromatic heterocycles. The number of phosphoric ester groups is 1. The molecule has 10 nitrogen and oxygen atoms in total. The highest BCUT2D eigenvalue weighted by molar-refractivity contribution is 7.99. The first-order valence-electron chi connectivity index (χ1n) is 10.3. The van der Waals surface area contributed by atoms with Gasteiger partial charge in [0.05, 0.1) is 17.5 Å². The van der Waals surface area contributed by atoms with E-state index in [9.17, 15) is 19.6 Å². The molecule has 2 aliphatic rings. The molecular weight excluding hydrogens is 471 g/mol. The number of rotatable bonds is 9. The number of phosphoric acid groups is 1. The van der Waals surface area contributed by atoms with Gasteiger partial charge in [-0.15, -0.1) is 23.4 Å². The second-order valence-electron chi connectivity index (χ2n) is 8.30. The van der Waals surface area contributed by atoms with Gasteiger partial charge < -0.3 is 30.1 Å². The van der Waals surface area contributed by atoms with E-state index in [1.54, 1.807) is 13.2 Å². The van der Waals surface area contributed by atoms with E-state index in [4.69, 9.17) is 26.1 Å².